The average molecular weight is 365 g/mol. The van der Waals surface area contributed by atoms with Gasteiger partial charge in [-0.05, 0) is 82.1 Å². The first-order valence-electron chi connectivity index (χ1n) is 10.7. The molecule has 1 aromatic carbocycles. The number of hydrogen-bond donors (Lipinski definition) is 0. The molecule has 0 bridgehead atoms. The zero-order valence-electron chi connectivity index (χ0n) is 17.0. The van der Waals surface area contributed by atoms with Crippen LogP contribution in [0.25, 0.3) is 11.1 Å². The van der Waals surface area contributed by atoms with E-state index in [1.165, 1.54) is 42.5 Å². The minimum Gasteiger partial charge on any atom is -0.493 e. The van der Waals surface area contributed by atoms with Gasteiger partial charge in [-0.25, -0.2) is 0 Å². The normalized spacial score (nSPS) is 20.6. The van der Waals surface area contributed by atoms with Crippen molar-refractivity contribution in [2.45, 2.75) is 71.0 Å². The molecule has 2 saturated carbocycles. The summed E-state index contributed by atoms with van der Waals surface area (Å²) in [4.78, 5) is 2.61. The van der Waals surface area contributed by atoms with Gasteiger partial charge in [-0.2, -0.15) is 0 Å². The molecule has 2 aromatic rings. The summed E-state index contributed by atoms with van der Waals surface area (Å²) < 4.78 is 8.69. The topological polar surface area (TPSA) is 17.4 Å². The summed E-state index contributed by atoms with van der Waals surface area (Å²) in [6.07, 6.45) is 5.36. The van der Waals surface area contributed by atoms with Crippen molar-refractivity contribution in [1.29, 1.82) is 0 Å². The minimum absolute atomic E-state index is 0.228. The molecule has 2 heterocycles. The van der Waals surface area contributed by atoms with Crippen LogP contribution in [-0.2, 0) is 13.1 Å². The van der Waals surface area contributed by atoms with Gasteiger partial charge < -0.3 is 9.30 Å². The SMILES string of the molecule is CC(C)(C)N1CCn2c(cc(-c3cccc(OCC4CC4)c3)c2C2CC2)C1. The summed E-state index contributed by atoms with van der Waals surface area (Å²) in [6.45, 7) is 11.2. The maximum Gasteiger partial charge on any atom is 0.119 e. The van der Waals surface area contributed by atoms with Gasteiger partial charge in [-0.15, -0.1) is 0 Å². The van der Waals surface area contributed by atoms with Gasteiger partial charge in [-0.3, -0.25) is 4.90 Å². The third-order valence-corrected chi connectivity index (χ3v) is 6.41. The number of aromatic nitrogens is 1. The van der Waals surface area contributed by atoms with E-state index < -0.39 is 0 Å². The van der Waals surface area contributed by atoms with Crippen LogP contribution in [0, 0.1) is 5.92 Å². The zero-order chi connectivity index (χ0) is 18.6. The van der Waals surface area contributed by atoms with E-state index in [0.29, 0.717) is 0 Å². The number of nitrogens with zero attached hydrogens (tertiary/aromatic N) is 2. The highest BCUT2D eigenvalue weighted by atomic mass is 16.5. The predicted octanol–water partition coefficient (Wildman–Crippen LogP) is 5.44. The van der Waals surface area contributed by atoms with E-state index in [4.69, 9.17) is 4.74 Å². The Labute approximate surface area is 163 Å². The Balaban J connectivity index is 1.47. The summed E-state index contributed by atoms with van der Waals surface area (Å²) >= 11 is 0. The zero-order valence-corrected chi connectivity index (χ0v) is 17.0. The number of hydrogen-bond acceptors (Lipinski definition) is 2. The molecular formula is C24H32N2O. The molecule has 5 rings (SSSR count). The molecule has 0 saturated heterocycles. The predicted molar refractivity (Wildman–Crippen MR) is 110 cm³/mol. The molecule has 2 fully saturated rings. The lowest BCUT2D eigenvalue weighted by Gasteiger charge is -2.39. The van der Waals surface area contributed by atoms with Crippen LogP contribution in [0.5, 0.6) is 5.75 Å². The van der Waals surface area contributed by atoms with Crippen molar-refractivity contribution in [3.05, 3.63) is 41.7 Å². The number of benzene rings is 1. The molecule has 0 radical (unpaired) electrons. The van der Waals surface area contributed by atoms with Crippen LogP contribution in [0.3, 0.4) is 0 Å². The second kappa shape index (κ2) is 6.41. The van der Waals surface area contributed by atoms with E-state index in [1.54, 1.807) is 5.69 Å². The van der Waals surface area contributed by atoms with Gasteiger partial charge in [-0.1, -0.05) is 12.1 Å². The van der Waals surface area contributed by atoms with Crippen molar-refractivity contribution in [2.75, 3.05) is 13.2 Å². The standard InChI is InChI=1S/C24H32N2O/c1-24(2,3)25-11-12-26-20(15-25)14-22(23(26)18-9-10-18)19-5-4-6-21(13-19)27-16-17-7-8-17/h4-6,13-14,17-18H,7-12,15-16H2,1-3H3. The summed E-state index contributed by atoms with van der Waals surface area (Å²) in [5.41, 5.74) is 6.07. The Morgan fingerprint density at radius 2 is 1.85 bits per heavy atom. The molecule has 0 N–H and O–H groups in total. The molecule has 27 heavy (non-hydrogen) atoms. The van der Waals surface area contributed by atoms with Gasteiger partial charge in [0.25, 0.3) is 0 Å². The summed E-state index contributed by atoms with van der Waals surface area (Å²) in [5, 5.41) is 0. The van der Waals surface area contributed by atoms with E-state index in [1.807, 2.05) is 0 Å². The Bertz CT molecular complexity index is 837. The molecule has 1 aliphatic heterocycles. The van der Waals surface area contributed by atoms with Gasteiger partial charge in [0.05, 0.1) is 6.61 Å². The van der Waals surface area contributed by atoms with Gasteiger partial charge in [0, 0.05) is 42.1 Å². The summed E-state index contributed by atoms with van der Waals surface area (Å²) in [7, 11) is 0. The Morgan fingerprint density at radius 1 is 1.04 bits per heavy atom. The van der Waals surface area contributed by atoms with E-state index in [2.05, 4.69) is 60.6 Å². The van der Waals surface area contributed by atoms with Crippen LogP contribution in [0.15, 0.2) is 30.3 Å². The van der Waals surface area contributed by atoms with Crippen LogP contribution >= 0.6 is 0 Å². The Morgan fingerprint density at radius 3 is 2.56 bits per heavy atom. The summed E-state index contributed by atoms with van der Waals surface area (Å²) in [6, 6.07) is 11.3. The van der Waals surface area contributed by atoms with E-state index in [0.717, 1.165) is 43.8 Å². The fourth-order valence-electron chi connectivity index (χ4n) is 4.36. The molecule has 1 aromatic heterocycles. The highest BCUT2D eigenvalue weighted by Gasteiger charge is 2.34. The molecule has 3 heteroatoms. The maximum atomic E-state index is 6.06. The lowest BCUT2D eigenvalue weighted by Crippen LogP contribution is -2.45. The molecule has 3 nitrogen and oxygen atoms in total. The first-order chi connectivity index (χ1) is 13.0. The third-order valence-electron chi connectivity index (χ3n) is 6.41. The van der Waals surface area contributed by atoms with E-state index in [-0.39, 0.29) is 5.54 Å². The Hall–Kier alpha value is -1.74. The molecule has 0 amide bonds. The first-order valence-corrected chi connectivity index (χ1v) is 10.7. The van der Waals surface area contributed by atoms with Crippen molar-refractivity contribution in [2.24, 2.45) is 5.92 Å². The monoisotopic (exact) mass is 364 g/mol. The number of fused-ring (bicyclic) bond motifs is 1. The number of ether oxygens (including phenoxy) is 1. The Kier molecular flexibility index (Phi) is 4.12. The van der Waals surface area contributed by atoms with Gasteiger partial charge in [0.1, 0.15) is 5.75 Å². The van der Waals surface area contributed by atoms with Crippen molar-refractivity contribution >= 4 is 0 Å². The van der Waals surface area contributed by atoms with Crippen LogP contribution < -0.4 is 4.74 Å². The van der Waals surface area contributed by atoms with Gasteiger partial charge in [0.2, 0.25) is 0 Å². The molecular weight excluding hydrogens is 332 g/mol. The lowest BCUT2D eigenvalue weighted by molar-refractivity contribution is 0.102. The molecule has 2 aliphatic carbocycles. The fraction of sp³-hybridized carbons (Fsp3) is 0.583. The van der Waals surface area contributed by atoms with Crippen LogP contribution in [0.2, 0.25) is 0 Å². The van der Waals surface area contributed by atoms with Crippen molar-refractivity contribution in [1.82, 2.24) is 9.47 Å². The average Bonchev–Trinajstić information content (AvgIpc) is 3.57. The highest BCUT2D eigenvalue weighted by Crippen LogP contribution is 2.47. The third kappa shape index (κ3) is 3.54. The first kappa shape index (κ1) is 17.4. The van der Waals surface area contributed by atoms with Gasteiger partial charge in [0.15, 0.2) is 0 Å². The molecule has 3 aliphatic rings. The largest absolute Gasteiger partial charge is 0.493 e. The lowest BCUT2D eigenvalue weighted by atomic mass is 10.0. The second-order valence-electron chi connectivity index (χ2n) is 9.74. The second-order valence-corrected chi connectivity index (χ2v) is 9.74. The van der Waals surface area contributed by atoms with Crippen LogP contribution in [0.4, 0.5) is 0 Å². The smallest absolute Gasteiger partial charge is 0.119 e. The van der Waals surface area contributed by atoms with Crippen molar-refractivity contribution < 1.29 is 4.74 Å². The summed E-state index contributed by atoms with van der Waals surface area (Å²) in [5.74, 6) is 2.58. The highest BCUT2D eigenvalue weighted by molar-refractivity contribution is 5.70. The van der Waals surface area contributed by atoms with Crippen LogP contribution in [0.1, 0.15) is 63.8 Å². The van der Waals surface area contributed by atoms with Crippen LogP contribution in [-0.4, -0.2) is 28.2 Å². The molecule has 0 spiro atoms. The molecule has 144 valence electrons. The van der Waals surface area contributed by atoms with Gasteiger partial charge >= 0.3 is 0 Å². The number of rotatable bonds is 5. The quantitative estimate of drug-likeness (QED) is 0.703. The minimum atomic E-state index is 0.228. The van der Waals surface area contributed by atoms with Crippen molar-refractivity contribution in [3.8, 4) is 16.9 Å². The molecule has 0 unspecified atom stereocenters. The maximum absolute atomic E-state index is 6.06. The van der Waals surface area contributed by atoms with Crippen molar-refractivity contribution in [3.63, 3.8) is 0 Å². The van der Waals surface area contributed by atoms with E-state index >= 15 is 0 Å². The van der Waals surface area contributed by atoms with E-state index in [9.17, 15) is 0 Å². The fourth-order valence-corrected chi connectivity index (χ4v) is 4.36. The molecule has 0 atom stereocenters.